The maximum atomic E-state index is 13.2. The molecule has 1 saturated heterocycles. The summed E-state index contributed by atoms with van der Waals surface area (Å²) in [7, 11) is -3.65. The van der Waals surface area contributed by atoms with Crippen LogP contribution in [0, 0.1) is 5.82 Å². The van der Waals surface area contributed by atoms with Crippen LogP contribution in [-0.2, 0) is 14.8 Å². The average molecular weight is 316 g/mol. The first-order valence-electron chi connectivity index (χ1n) is 7.12. The number of benzene rings is 1. The van der Waals surface area contributed by atoms with Gasteiger partial charge in [0.25, 0.3) is 0 Å². The fourth-order valence-electron chi connectivity index (χ4n) is 2.38. The normalized spacial score (nSPS) is 20.6. The SMILES string of the molecule is CCCOC1CCCN(S(=O)(=O)c2ccc(F)c(N)c2)C1. The van der Waals surface area contributed by atoms with Gasteiger partial charge in [0.15, 0.2) is 0 Å². The second-order valence-electron chi connectivity index (χ2n) is 5.18. The van der Waals surface area contributed by atoms with Crippen LogP contribution in [0.3, 0.4) is 0 Å². The topological polar surface area (TPSA) is 72.6 Å². The van der Waals surface area contributed by atoms with Crippen LogP contribution in [0.2, 0.25) is 0 Å². The van der Waals surface area contributed by atoms with Crippen molar-refractivity contribution >= 4 is 15.7 Å². The number of nitrogens with two attached hydrogens (primary N) is 1. The van der Waals surface area contributed by atoms with E-state index in [2.05, 4.69) is 0 Å². The summed E-state index contributed by atoms with van der Waals surface area (Å²) in [4.78, 5) is 0.0255. The maximum Gasteiger partial charge on any atom is 0.243 e. The Bertz CT molecular complexity index is 592. The maximum absolute atomic E-state index is 13.2. The molecule has 5 nitrogen and oxygen atoms in total. The minimum Gasteiger partial charge on any atom is -0.396 e. The summed E-state index contributed by atoms with van der Waals surface area (Å²) >= 11 is 0. The van der Waals surface area contributed by atoms with Gasteiger partial charge in [-0.15, -0.1) is 0 Å². The van der Waals surface area contributed by atoms with E-state index in [1.165, 1.54) is 16.4 Å². The molecule has 1 aliphatic rings. The summed E-state index contributed by atoms with van der Waals surface area (Å²) in [5.74, 6) is -0.614. The Kier molecular flexibility index (Phi) is 5.18. The van der Waals surface area contributed by atoms with Crippen LogP contribution in [0.1, 0.15) is 26.2 Å². The molecule has 0 amide bonds. The van der Waals surface area contributed by atoms with Crippen molar-refractivity contribution in [1.82, 2.24) is 4.31 Å². The molecule has 1 atom stereocenters. The summed E-state index contributed by atoms with van der Waals surface area (Å²) in [5, 5.41) is 0. The molecule has 1 aromatic rings. The minimum absolute atomic E-state index is 0.0255. The lowest BCUT2D eigenvalue weighted by molar-refractivity contribution is 0.0193. The zero-order valence-corrected chi connectivity index (χ0v) is 12.9. The van der Waals surface area contributed by atoms with Crippen molar-refractivity contribution in [2.24, 2.45) is 0 Å². The van der Waals surface area contributed by atoms with Crippen molar-refractivity contribution in [1.29, 1.82) is 0 Å². The predicted molar refractivity (Wildman–Crippen MR) is 78.8 cm³/mol. The highest BCUT2D eigenvalue weighted by Crippen LogP contribution is 2.24. The molecule has 118 valence electrons. The molecule has 2 N–H and O–H groups in total. The van der Waals surface area contributed by atoms with Crippen LogP contribution in [0.15, 0.2) is 23.1 Å². The Morgan fingerprint density at radius 3 is 2.90 bits per heavy atom. The molecule has 0 saturated carbocycles. The van der Waals surface area contributed by atoms with E-state index >= 15 is 0 Å². The van der Waals surface area contributed by atoms with Gasteiger partial charge in [0.05, 0.1) is 16.7 Å². The largest absolute Gasteiger partial charge is 0.396 e. The molecular formula is C14H21FN2O3S. The third kappa shape index (κ3) is 3.72. The number of halogens is 1. The van der Waals surface area contributed by atoms with Crippen molar-refractivity contribution in [2.75, 3.05) is 25.4 Å². The van der Waals surface area contributed by atoms with Gasteiger partial charge in [0, 0.05) is 19.7 Å². The molecule has 1 aliphatic heterocycles. The highest BCUT2D eigenvalue weighted by molar-refractivity contribution is 7.89. The van der Waals surface area contributed by atoms with Crippen molar-refractivity contribution < 1.29 is 17.5 Å². The molecule has 21 heavy (non-hydrogen) atoms. The number of ether oxygens (including phenoxy) is 1. The predicted octanol–water partition coefficient (Wildman–Crippen LogP) is 1.99. The molecule has 1 aromatic carbocycles. The number of hydrogen-bond donors (Lipinski definition) is 1. The summed E-state index contributed by atoms with van der Waals surface area (Å²) in [6.45, 7) is 3.42. The van der Waals surface area contributed by atoms with Crippen LogP contribution < -0.4 is 5.73 Å². The van der Waals surface area contributed by atoms with Gasteiger partial charge in [-0.1, -0.05) is 6.92 Å². The third-order valence-electron chi connectivity index (χ3n) is 3.50. The standard InChI is InChI=1S/C14H21FN2O3S/c1-2-8-20-11-4-3-7-17(10-11)21(18,19)12-5-6-13(15)14(16)9-12/h5-6,9,11H,2-4,7-8,10,16H2,1H3. The molecule has 1 unspecified atom stereocenters. The third-order valence-corrected chi connectivity index (χ3v) is 5.36. The number of nitrogen functional groups attached to an aromatic ring is 1. The lowest BCUT2D eigenvalue weighted by Crippen LogP contribution is -2.43. The molecular weight excluding hydrogens is 295 g/mol. The average Bonchev–Trinajstić information content (AvgIpc) is 2.48. The summed E-state index contributed by atoms with van der Waals surface area (Å²) in [5.41, 5.74) is 5.30. The highest BCUT2D eigenvalue weighted by Gasteiger charge is 2.30. The molecule has 7 heteroatoms. The molecule has 2 rings (SSSR count). The van der Waals surface area contributed by atoms with E-state index in [-0.39, 0.29) is 16.7 Å². The van der Waals surface area contributed by atoms with Gasteiger partial charge in [-0.05, 0) is 37.5 Å². The molecule has 0 bridgehead atoms. The number of hydrogen-bond acceptors (Lipinski definition) is 4. The zero-order chi connectivity index (χ0) is 15.5. The van der Waals surface area contributed by atoms with E-state index < -0.39 is 15.8 Å². The van der Waals surface area contributed by atoms with E-state index in [0.717, 1.165) is 25.3 Å². The minimum atomic E-state index is -3.65. The number of nitrogens with zero attached hydrogens (tertiary/aromatic N) is 1. The lowest BCUT2D eigenvalue weighted by atomic mass is 10.1. The first-order chi connectivity index (χ1) is 9.95. The molecule has 1 fully saturated rings. The fourth-order valence-corrected chi connectivity index (χ4v) is 3.92. The lowest BCUT2D eigenvalue weighted by Gasteiger charge is -2.31. The molecule has 0 spiro atoms. The number of piperidine rings is 1. The highest BCUT2D eigenvalue weighted by atomic mass is 32.2. The van der Waals surface area contributed by atoms with E-state index in [0.29, 0.717) is 19.7 Å². The van der Waals surface area contributed by atoms with Crippen LogP contribution in [0.5, 0.6) is 0 Å². The zero-order valence-electron chi connectivity index (χ0n) is 12.1. The van der Waals surface area contributed by atoms with Crippen LogP contribution >= 0.6 is 0 Å². The Morgan fingerprint density at radius 1 is 1.48 bits per heavy atom. The molecule has 0 radical (unpaired) electrons. The van der Waals surface area contributed by atoms with Crippen LogP contribution in [0.4, 0.5) is 10.1 Å². The van der Waals surface area contributed by atoms with Crippen molar-refractivity contribution in [3.05, 3.63) is 24.0 Å². The summed E-state index contributed by atoms with van der Waals surface area (Å²) in [6, 6.07) is 3.50. The number of sulfonamides is 1. The van der Waals surface area contributed by atoms with Gasteiger partial charge in [-0.3, -0.25) is 0 Å². The molecule has 0 aliphatic carbocycles. The van der Waals surface area contributed by atoms with Gasteiger partial charge in [0.1, 0.15) is 5.82 Å². The van der Waals surface area contributed by atoms with E-state index in [9.17, 15) is 12.8 Å². The van der Waals surface area contributed by atoms with Crippen LogP contribution in [-0.4, -0.2) is 38.5 Å². The fraction of sp³-hybridized carbons (Fsp3) is 0.571. The Labute approximate surface area is 124 Å². The van der Waals surface area contributed by atoms with Crippen molar-refractivity contribution in [2.45, 2.75) is 37.2 Å². The smallest absolute Gasteiger partial charge is 0.243 e. The first kappa shape index (κ1) is 16.2. The second-order valence-corrected chi connectivity index (χ2v) is 7.12. The Hall–Kier alpha value is -1.18. The number of anilines is 1. The molecule has 1 heterocycles. The van der Waals surface area contributed by atoms with Gasteiger partial charge in [-0.2, -0.15) is 4.31 Å². The van der Waals surface area contributed by atoms with Crippen LogP contribution in [0.25, 0.3) is 0 Å². The van der Waals surface area contributed by atoms with Gasteiger partial charge in [0.2, 0.25) is 10.0 Å². The Morgan fingerprint density at radius 2 is 2.24 bits per heavy atom. The van der Waals surface area contributed by atoms with E-state index in [1.807, 2.05) is 6.92 Å². The number of rotatable bonds is 5. The van der Waals surface area contributed by atoms with Crippen molar-refractivity contribution in [3.8, 4) is 0 Å². The van der Waals surface area contributed by atoms with Crippen molar-refractivity contribution in [3.63, 3.8) is 0 Å². The summed E-state index contributed by atoms with van der Waals surface area (Å²) in [6.07, 6.45) is 2.44. The summed E-state index contributed by atoms with van der Waals surface area (Å²) < 4.78 is 45.3. The first-order valence-corrected chi connectivity index (χ1v) is 8.56. The van der Waals surface area contributed by atoms with E-state index in [1.54, 1.807) is 0 Å². The van der Waals surface area contributed by atoms with E-state index in [4.69, 9.17) is 10.5 Å². The van der Waals surface area contributed by atoms with Gasteiger partial charge >= 0.3 is 0 Å². The monoisotopic (exact) mass is 316 g/mol. The van der Waals surface area contributed by atoms with Gasteiger partial charge < -0.3 is 10.5 Å². The van der Waals surface area contributed by atoms with Gasteiger partial charge in [-0.25, -0.2) is 12.8 Å². The Balaban J connectivity index is 2.16. The quantitative estimate of drug-likeness (QED) is 0.843. The molecule has 0 aromatic heterocycles. The second kappa shape index (κ2) is 6.72.